The summed E-state index contributed by atoms with van der Waals surface area (Å²) in [5.74, 6) is -0.424. The van der Waals surface area contributed by atoms with Crippen LogP contribution >= 0.6 is 0 Å². The molecule has 1 aromatic heterocycles. The lowest BCUT2D eigenvalue weighted by atomic mass is 10.1. The summed E-state index contributed by atoms with van der Waals surface area (Å²) in [6, 6.07) is 20.2. The molecule has 1 aliphatic rings. The van der Waals surface area contributed by atoms with Gasteiger partial charge in [-0.25, -0.2) is 13.1 Å². The molecular formula is C23H20N4O3S. The van der Waals surface area contributed by atoms with E-state index in [1.54, 1.807) is 28.9 Å². The molecule has 0 saturated carbocycles. The maximum Gasteiger partial charge on any atom is 0.265 e. The Bertz CT molecular complexity index is 1440. The summed E-state index contributed by atoms with van der Waals surface area (Å²) in [5, 5.41) is 8.88. The average molecular weight is 433 g/mol. The minimum absolute atomic E-state index is 0.234. The zero-order chi connectivity index (χ0) is 21.8. The first-order valence-electron chi connectivity index (χ1n) is 9.84. The third-order valence-electron chi connectivity index (χ3n) is 5.52. The second-order valence-electron chi connectivity index (χ2n) is 7.48. The van der Waals surface area contributed by atoms with Crippen molar-refractivity contribution in [2.75, 3.05) is 16.2 Å². The molecule has 0 unspecified atom stereocenters. The minimum Gasteiger partial charge on any atom is -0.321 e. The van der Waals surface area contributed by atoms with Gasteiger partial charge in [0.2, 0.25) is 5.91 Å². The SMILES string of the molecule is Cc1nn(-c2ccccc2)c(C)c1NC(=O)CN1c2cccc3cccc(c23)S1(=O)=O. The van der Waals surface area contributed by atoms with Gasteiger partial charge in [0.1, 0.15) is 6.54 Å². The third-order valence-corrected chi connectivity index (χ3v) is 7.33. The van der Waals surface area contributed by atoms with Crippen molar-refractivity contribution in [1.82, 2.24) is 9.78 Å². The van der Waals surface area contributed by atoms with Gasteiger partial charge in [-0.3, -0.25) is 9.10 Å². The number of aryl methyl sites for hydroxylation is 1. The fraction of sp³-hybridized carbons (Fsp3) is 0.130. The molecule has 0 saturated heterocycles. The third kappa shape index (κ3) is 2.98. The fourth-order valence-corrected chi connectivity index (χ4v) is 5.75. The molecule has 4 aromatic rings. The molecule has 7 nitrogen and oxygen atoms in total. The summed E-state index contributed by atoms with van der Waals surface area (Å²) >= 11 is 0. The first-order valence-corrected chi connectivity index (χ1v) is 11.3. The van der Waals surface area contributed by atoms with Gasteiger partial charge in [-0.1, -0.05) is 42.5 Å². The van der Waals surface area contributed by atoms with E-state index in [1.165, 1.54) is 4.31 Å². The lowest BCUT2D eigenvalue weighted by molar-refractivity contribution is -0.114. The molecule has 1 aliphatic heterocycles. The molecule has 156 valence electrons. The molecule has 5 rings (SSSR count). The predicted molar refractivity (Wildman–Crippen MR) is 120 cm³/mol. The van der Waals surface area contributed by atoms with Crippen LogP contribution in [0.5, 0.6) is 0 Å². The normalized spacial score (nSPS) is 14.2. The quantitative estimate of drug-likeness (QED) is 0.532. The standard InChI is InChI=1S/C23H20N4O3S/c1-15-23(16(2)27(25-15)18-10-4-3-5-11-18)24-21(28)14-26-19-12-6-8-17-9-7-13-20(22(17)19)31(26,29)30/h3-13H,14H2,1-2H3,(H,24,28). The maximum absolute atomic E-state index is 13.1. The first-order chi connectivity index (χ1) is 14.9. The van der Waals surface area contributed by atoms with Crippen molar-refractivity contribution in [1.29, 1.82) is 0 Å². The van der Waals surface area contributed by atoms with Gasteiger partial charge >= 0.3 is 0 Å². The molecule has 0 aliphatic carbocycles. The second-order valence-corrected chi connectivity index (χ2v) is 9.32. The second kappa shape index (κ2) is 6.95. The van der Waals surface area contributed by atoms with Gasteiger partial charge in [-0.05, 0) is 43.5 Å². The Morgan fingerprint density at radius 1 is 0.968 bits per heavy atom. The molecule has 1 N–H and O–H groups in total. The Morgan fingerprint density at radius 3 is 2.42 bits per heavy atom. The molecule has 0 fully saturated rings. The maximum atomic E-state index is 13.1. The van der Waals surface area contributed by atoms with Crippen molar-refractivity contribution in [2.45, 2.75) is 18.7 Å². The van der Waals surface area contributed by atoms with Crippen LogP contribution in [0.15, 0.2) is 71.6 Å². The lowest BCUT2D eigenvalue weighted by Crippen LogP contribution is -2.35. The number of hydrogen-bond donors (Lipinski definition) is 1. The smallest absolute Gasteiger partial charge is 0.265 e. The van der Waals surface area contributed by atoms with Crippen LogP contribution in [-0.2, 0) is 14.8 Å². The zero-order valence-electron chi connectivity index (χ0n) is 17.0. The zero-order valence-corrected chi connectivity index (χ0v) is 17.8. The number of anilines is 2. The van der Waals surface area contributed by atoms with Crippen molar-refractivity contribution in [3.63, 3.8) is 0 Å². The number of amides is 1. The molecule has 2 heterocycles. The lowest BCUT2D eigenvalue weighted by Gasteiger charge is -2.18. The van der Waals surface area contributed by atoms with Crippen LogP contribution in [0.1, 0.15) is 11.4 Å². The van der Waals surface area contributed by atoms with E-state index in [0.29, 0.717) is 22.5 Å². The van der Waals surface area contributed by atoms with Crippen LogP contribution in [-0.4, -0.2) is 30.7 Å². The number of para-hydroxylation sites is 1. The highest BCUT2D eigenvalue weighted by atomic mass is 32.2. The predicted octanol–water partition coefficient (Wildman–Crippen LogP) is 3.79. The van der Waals surface area contributed by atoms with Gasteiger partial charge in [0.05, 0.1) is 33.3 Å². The average Bonchev–Trinajstić information content (AvgIpc) is 3.16. The highest BCUT2D eigenvalue weighted by Crippen LogP contribution is 2.41. The summed E-state index contributed by atoms with van der Waals surface area (Å²) < 4.78 is 29.1. The first kappa shape index (κ1) is 19.3. The minimum atomic E-state index is -3.79. The monoisotopic (exact) mass is 432 g/mol. The topological polar surface area (TPSA) is 84.3 Å². The van der Waals surface area contributed by atoms with Crippen LogP contribution < -0.4 is 9.62 Å². The van der Waals surface area contributed by atoms with Gasteiger partial charge in [0.15, 0.2) is 0 Å². The largest absolute Gasteiger partial charge is 0.321 e. The number of hydrogen-bond acceptors (Lipinski definition) is 4. The van der Waals surface area contributed by atoms with Crippen molar-refractivity contribution in [3.8, 4) is 5.69 Å². The Balaban J connectivity index is 1.45. The summed E-state index contributed by atoms with van der Waals surface area (Å²) in [6.07, 6.45) is 0. The van der Waals surface area contributed by atoms with Gasteiger partial charge in [0.25, 0.3) is 10.0 Å². The van der Waals surface area contributed by atoms with Crippen LogP contribution in [0.4, 0.5) is 11.4 Å². The number of aromatic nitrogens is 2. The molecule has 1 amide bonds. The van der Waals surface area contributed by atoms with Crippen LogP contribution in [0.3, 0.4) is 0 Å². The summed E-state index contributed by atoms with van der Waals surface area (Å²) in [6.45, 7) is 3.36. The number of carbonyl (C=O) groups is 1. The van der Waals surface area contributed by atoms with E-state index in [4.69, 9.17) is 0 Å². The molecule has 3 aromatic carbocycles. The molecule has 31 heavy (non-hydrogen) atoms. The van der Waals surface area contributed by atoms with Crippen LogP contribution in [0.25, 0.3) is 16.5 Å². The van der Waals surface area contributed by atoms with Gasteiger partial charge in [0, 0.05) is 5.39 Å². The molecule has 8 heteroatoms. The van der Waals surface area contributed by atoms with Gasteiger partial charge in [-0.15, -0.1) is 0 Å². The highest BCUT2D eigenvalue weighted by molar-refractivity contribution is 7.93. The van der Waals surface area contributed by atoms with Crippen molar-refractivity contribution >= 4 is 38.1 Å². The van der Waals surface area contributed by atoms with E-state index in [9.17, 15) is 13.2 Å². The Kier molecular flexibility index (Phi) is 4.33. The van der Waals surface area contributed by atoms with E-state index in [2.05, 4.69) is 10.4 Å². The van der Waals surface area contributed by atoms with Gasteiger partial charge < -0.3 is 5.32 Å². The molecule has 0 atom stereocenters. The summed E-state index contributed by atoms with van der Waals surface area (Å²) in [4.78, 5) is 13.2. The number of nitrogens with one attached hydrogen (secondary N) is 1. The fourth-order valence-electron chi connectivity index (χ4n) is 4.08. The Labute approximate surface area is 180 Å². The van der Waals surface area contributed by atoms with Crippen molar-refractivity contribution in [3.05, 3.63) is 78.1 Å². The number of benzene rings is 3. The number of rotatable bonds is 4. The molecular weight excluding hydrogens is 412 g/mol. The summed E-state index contributed by atoms with van der Waals surface area (Å²) in [5.41, 5.74) is 3.42. The van der Waals surface area contributed by atoms with E-state index >= 15 is 0 Å². The number of sulfonamides is 1. The van der Waals surface area contributed by atoms with Crippen LogP contribution in [0, 0.1) is 13.8 Å². The van der Waals surface area contributed by atoms with Crippen LogP contribution in [0.2, 0.25) is 0 Å². The Hall–Kier alpha value is -3.65. The number of carbonyl (C=O) groups excluding carboxylic acids is 1. The van der Waals surface area contributed by atoms with Crippen molar-refractivity contribution < 1.29 is 13.2 Å². The molecule has 0 radical (unpaired) electrons. The Morgan fingerprint density at radius 2 is 1.68 bits per heavy atom. The highest BCUT2D eigenvalue weighted by Gasteiger charge is 2.36. The van der Waals surface area contributed by atoms with Gasteiger partial charge in [-0.2, -0.15) is 5.10 Å². The van der Waals surface area contributed by atoms with E-state index in [1.807, 2.05) is 56.3 Å². The molecule has 0 spiro atoms. The van der Waals surface area contributed by atoms with E-state index < -0.39 is 15.9 Å². The summed E-state index contributed by atoms with van der Waals surface area (Å²) in [7, 11) is -3.79. The molecule has 0 bridgehead atoms. The number of nitrogens with zero attached hydrogens (tertiary/aromatic N) is 3. The van der Waals surface area contributed by atoms with E-state index in [-0.39, 0.29) is 11.4 Å². The van der Waals surface area contributed by atoms with E-state index in [0.717, 1.165) is 16.8 Å². The van der Waals surface area contributed by atoms with Crippen molar-refractivity contribution in [2.24, 2.45) is 0 Å².